The third-order valence-corrected chi connectivity index (χ3v) is 14.8. The highest BCUT2D eigenvalue weighted by Crippen LogP contribution is 2.55. The number of para-hydroxylation sites is 2. The first-order chi connectivity index (χ1) is 30.7. The van der Waals surface area contributed by atoms with E-state index in [2.05, 4.69) is 220 Å². The maximum atomic E-state index is 6.17. The molecule has 0 N–H and O–H groups in total. The van der Waals surface area contributed by atoms with Crippen molar-refractivity contribution in [1.29, 1.82) is 0 Å². The molecule has 4 aliphatic rings. The molecule has 8 aromatic carbocycles. The van der Waals surface area contributed by atoms with Crippen molar-refractivity contribution in [2.45, 2.75) is 50.5 Å². The van der Waals surface area contributed by atoms with E-state index in [-0.39, 0.29) is 16.9 Å². The van der Waals surface area contributed by atoms with Crippen LogP contribution >= 0.6 is 0 Å². The van der Waals surface area contributed by atoms with Crippen molar-refractivity contribution >= 4 is 50.4 Å². The first-order valence-electron chi connectivity index (χ1n) is 22.3. The minimum absolute atomic E-state index is 0.119. The molecule has 0 spiro atoms. The van der Waals surface area contributed by atoms with Gasteiger partial charge in [-0.3, -0.25) is 0 Å². The third kappa shape index (κ3) is 5.20. The SMILES string of the molecule is CC1(C)c2ccccc2-c2ccc(N(c3ccc(-c4ccc5oc6ccccc6c5c4)cc3)c3ccc4c(c3)C(C)(C)c3cc(N5c6ccccc6C6C=CC=CC65)ccc3-4)cc21. The van der Waals surface area contributed by atoms with E-state index in [1.807, 2.05) is 12.1 Å². The second-order valence-corrected chi connectivity index (χ2v) is 18.9. The molecule has 9 aromatic rings. The Labute approximate surface area is 368 Å². The molecule has 0 saturated carbocycles. The Bertz CT molecular complexity index is 3430. The minimum atomic E-state index is -0.218. The van der Waals surface area contributed by atoms with Crippen LogP contribution in [0.15, 0.2) is 199 Å². The lowest BCUT2D eigenvalue weighted by Crippen LogP contribution is -2.28. The van der Waals surface area contributed by atoms with E-state index in [0.29, 0.717) is 5.92 Å². The molecule has 0 radical (unpaired) electrons. The van der Waals surface area contributed by atoms with Crippen molar-refractivity contribution in [2.24, 2.45) is 0 Å². The van der Waals surface area contributed by atoms with Gasteiger partial charge in [0.05, 0.1) is 6.04 Å². The number of anilines is 5. The van der Waals surface area contributed by atoms with Crippen LogP contribution in [0.1, 0.15) is 61.4 Å². The molecule has 0 saturated heterocycles. The summed E-state index contributed by atoms with van der Waals surface area (Å²) in [4.78, 5) is 5.02. The molecule has 3 heteroatoms. The maximum Gasteiger partial charge on any atom is 0.135 e. The average Bonchev–Trinajstić information content (AvgIpc) is 4.00. The lowest BCUT2D eigenvalue weighted by Gasteiger charge is -2.31. The van der Waals surface area contributed by atoms with E-state index in [9.17, 15) is 0 Å². The second-order valence-electron chi connectivity index (χ2n) is 18.9. The van der Waals surface area contributed by atoms with Gasteiger partial charge >= 0.3 is 0 Å². The molecular weight excluding hydrogens is 765 g/mol. The van der Waals surface area contributed by atoms with Crippen molar-refractivity contribution < 1.29 is 4.42 Å². The summed E-state index contributed by atoms with van der Waals surface area (Å²) in [5, 5.41) is 2.28. The van der Waals surface area contributed by atoms with E-state index in [4.69, 9.17) is 4.42 Å². The first-order valence-corrected chi connectivity index (χ1v) is 22.3. The highest BCUT2D eigenvalue weighted by Gasteiger charge is 2.41. The van der Waals surface area contributed by atoms with Crippen molar-refractivity contribution in [1.82, 2.24) is 0 Å². The number of rotatable bonds is 5. The molecule has 0 fully saturated rings. The minimum Gasteiger partial charge on any atom is -0.456 e. The standard InChI is InChI=1S/C60H46N2O/c1-59(2)51-17-9-5-13-43(51)44-29-26-40(34-52(44)59)61(39-24-21-37(22-25-39)38-23-32-58-50(33-38)49-16-8-12-20-57(49)63-58)41-27-30-45-46-31-28-42(36-54(46)60(3,4)53(45)35-41)62-55-18-10-6-14-47(55)48-15-7-11-19-56(48)62/h5-36,47,55H,1-4H3. The Hall–Kier alpha value is -7.36. The van der Waals surface area contributed by atoms with Gasteiger partial charge in [-0.15, -0.1) is 0 Å². The van der Waals surface area contributed by atoms with Gasteiger partial charge in [-0.05, 0) is 134 Å². The Morgan fingerprint density at radius 2 is 1.05 bits per heavy atom. The fourth-order valence-corrected chi connectivity index (χ4v) is 11.6. The van der Waals surface area contributed by atoms with Crippen LogP contribution < -0.4 is 9.80 Å². The van der Waals surface area contributed by atoms with Crippen LogP contribution in [0.25, 0.3) is 55.3 Å². The zero-order valence-corrected chi connectivity index (χ0v) is 35.9. The van der Waals surface area contributed by atoms with E-state index in [1.54, 1.807) is 0 Å². The largest absolute Gasteiger partial charge is 0.456 e. The number of fused-ring (bicyclic) bond motifs is 12. The molecule has 13 rings (SSSR count). The maximum absolute atomic E-state index is 6.17. The van der Waals surface area contributed by atoms with E-state index in [0.717, 1.165) is 39.0 Å². The van der Waals surface area contributed by atoms with Crippen LogP contribution in [0.2, 0.25) is 0 Å². The molecule has 2 heterocycles. The van der Waals surface area contributed by atoms with Gasteiger partial charge in [-0.2, -0.15) is 0 Å². The number of benzene rings is 8. The Morgan fingerprint density at radius 1 is 0.460 bits per heavy atom. The van der Waals surface area contributed by atoms with Crippen molar-refractivity contribution in [3.63, 3.8) is 0 Å². The van der Waals surface area contributed by atoms with Crippen molar-refractivity contribution in [2.75, 3.05) is 9.80 Å². The van der Waals surface area contributed by atoms with Gasteiger partial charge < -0.3 is 14.2 Å². The monoisotopic (exact) mass is 810 g/mol. The van der Waals surface area contributed by atoms with Gasteiger partial charge in [0.2, 0.25) is 0 Å². The summed E-state index contributed by atoms with van der Waals surface area (Å²) in [6.07, 6.45) is 9.13. The Morgan fingerprint density at radius 3 is 1.84 bits per heavy atom. The van der Waals surface area contributed by atoms with Crippen molar-refractivity contribution in [3.05, 3.63) is 222 Å². The van der Waals surface area contributed by atoms with E-state index < -0.39 is 0 Å². The molecule has 0 bridgehead atoms. The lowest BCUT2D eigenvalue weighted by atomic mass is 9.81. The predicted molar refractivity (Wildman–Crippen MR) is 262 cm³/mol. The summed E-state index contributed by atoms with van der Waals surface area (Å²) >= 11 is 0. The summed E-state index contributed by atoms with van der Waals surface area (Å²) in [6, 6.07) is 63.5. The van der Waals surface area contributed by atoms with Crippen molar-refractivity contribution in [3.8, 4) is 33.4 Å². The lowest BCUT2D eigenvalue weighted by molar-refractivity contribution is 0.659. The third-order valence-electron chi connectivity index (χ3n) is 14.8. The van der Waals surface area contributed by atoms with E-state index >= 15 is 0 Å². The molecule has 3 aliphatic carbocycles. The number of hydrogen-bond donors (Lipinski definition) is 0. The molecule has 0 amide bonds. The van der Waals surface area contributed by atoms with Crippen LogP contribution in [-0.2, 0) is 10.8 Å². The summed E-state index contributed by atoms with van der Waals surface area (Å²) < 4.78 is 6.17. The zero-order chi connectivity index (χ0) is 42.2. The van der Waals surface area contributed by atoms with Gasteiger partial charge in [0.15, 0.2) is 0 Å². The highest BCUT2D eigenvalue weighted by molar-refractivity contribution is 6.06. The number of nitrogens with zero attached hydrogens (tertiary/aromatic N) is 2. The Balaban J connectivity index is 0.918. The quantitative estimate of drug-likeness (QED) is 0.173. The fourth-order valence-electron chi connectivity index (χ4n) is 11.6. The van der Waals surface area contributed by atoms with Crippen LogP contribution in [0.4, 0.5) is 28.4 Å². The molecular formula is C60H46N2O. The highest BCUT2D eigenvalue weighted by atomic mass is 16.3. The number of hydrogen-bond acceptors (Lipinski definition) is 3. The Kier molecular flexibility index (Phi) is 7.54. The van der Waals surface area contributed by atoms with Crippen LogP contribution in [0.3, 0.4) is 0 Å². The van der Waals surface area contributed by atoms with Crippen LogP contribution in [0.5, 0.6) is 0 Å². The van der Waals surface area contributed by atoms with Gasteiger partial charge in [0.1, 0.15) is 11.2 Å². The summed E-state index contributed by atoms with van der Waals surface area (Å²) in [5.41, 5.74) is 22.0. The van der Waals surface area contributed by atoms with Crippen LogP contribution in [-0.4, -0.2) is 6.04 Å². The summed E-state index contributed by atoms with van der Waals surface area (Å²) in [6.45, 7) is 9.55. The predicted octanol–water partition coefficient (Wildman–Crippen LogP) is 16.1. The molecule has 1 aromatic heterocycles. The molecule has 1 aliphatic heterocycles. The smallest absolute Gasteiger partial charge is 0.135 e. The molecule has 3 nitrogen and oxygen atoms in total. The average molecular weight is 811 g/mol. The van der Waals surface area contributed by atoms with Gasteiger partial charge in [0, 0.05) is 56.0 Å². The number of furan rings is 1. The number of allylic oxidation sites excluding steroid dienone is 2. The molecule has 2 unspecified atom stereocenters. The zero-order valence-electron chi connectivity index (χ0n) is 35.9. The second kappa shape index (κ2) is 13.1. The normalized spacial score (nSPS) is 17.9. The van der Waals surface area contributed by atoms with Gasteiger partial charge in [-0.1, -0.05) is 149 Å². The van der Waals surface area contributed by atoms with E-state index in [1.165, 1.54) is 72.6 Å². The topological polar surface area (TPSA) is 19.6 Å². The van der Waals surface area contributed by atoms with Gasteiger partial charge in [-0.25, -0.2) is 0 Å². The summed E-state index contributed by atoms with van der Waals surface area (Å²) in [5.74, 6) is 0.353. The van der Waals surface area contributed by atoms with Crippen LogP contribution in [0, 0.1) is 0 Å². The first kappa shape index (κ1) is 36.3. The molecule has 2 atom stereocenters. The molecule has 302 valence electrons. The summed E-state index contributed by atoms with van der Waals surface area (Å²) in [7, 11) is 0. The molecule has 63 heavy (non-hydrogen) atoms. The fraction of sp³-hybridized carbons (Fsp3) is 0.133. The van der Waals surface area contributed by atoms with Gasteiger partial charge in [0.25, 0.3) is 0 Å².